The molecule has 3 unspecified atom stereocenters. The van der Waals surface area contributed by atoms with Crippen molar-refractivity contribution < 1.29 is 19.4 Å². The highest BCUT2D eigenvalue weighted by molar-refractivity contribution is 5.97. The summed E-state index contributed by atoms with van der Waals surface area (Å²) in [5.74, 6) is -0.460. The van der Waals surface area contributed by atoms with Crippen molar-refractivity contribution in [2.45, 2.75) is 50.4 Å². The molecule has 3 atom stereocenters. The first-order valence-electron chi connectivity index (χ1n) is 7.75. The standard InChI is InChI=1S/C16H23N3O4.ClH/c17-12(9-15(18)21)16(22)19-10-5-7-11(8-6-10)23-14-4-2-1-3-13(14)20;/h5-8,12-14,20H,1-4,9,17H2,(H2,18,21)(H,19,22);1H. The normalized spacial score (nSPS) is 21.2. The molecule has 2 amide bonds. The number of rotatable bonds is 6. The molecule has 8 heteroatoms. The van der Waals surface area contributed by atoms with E-state index in [1.165, 1.54) is 0 Å². The number of ether oxygens (including phenoxy) is 1. The van der Waals surface area contributed by atoms with Gasteiger partial charge in [0, 0.05) is 5.69 Å². The molecular formula is C16H24ClN3O4. The first-order valence-corrected chi connectivity index (χ1v) is 7.75. The summed E-state index contributed by atoms with van der Waals surface area (Å²) < 4.78 is 5.78. The molecule has 24 heavy (non-hydrogen) atoms. The molecule has 0 radical (unpaired) electrons. The Balaban J connectivity index is 0.00000288. The molecule has 2 rings (SSSR count). The third-order valence-corrected chi connectivity index (χ3v) is 3.83. The van der Waals surface area contributed by atoms with Crippen molar-refractivity contribution in [3.63, 3.8) is 0 Å². The summed E-state index contributed by atoms with van der Waals surface area (Å²) in [6, 6.07) is 5.83. The summed E-state index contributed by atoms with van der Waals surface area (Å²) >= 11 is 0. The zero-order valence-corrected chi connectivity index (χ0v) is 14.1. The van der Waals surface area contributed by atoms with Crippen LogP contribution in [0, 0.1) is 0 Å². The van der Waals surface area contributed by atoms with Crippen LogP contribution < -0.4 is 21.5 Å². The number of aliphatic hydroxyl groups excluding tert-OH is 1. The first kappa shape index (κ1) is 20.2. The number of nitrogens with one attached hydrogen (secondary N) is 1. The van der Waals surface area contributed by atoms with Crippen molar-refractivity contribution in [2.24, 2.45) is 11.5 Å². The number of primary amides is 1. The maximum Gasteiger partial charge on any atom is 0.241 e. The number of aliphatic hydroxyl groups is 1. The van der Waals surface area contributed by atoms with E-state index in [9.17, 15) is 14.7 Å². The lowest BCUT2D eigenvalue weighted by molar-refractivity contribution is -0.123. The Morgan fingerprint density at radius 2 is 1.88 bits per heavy atom. The van der Waals surface area contributed by atoms with Crippen molar-refractivity contribution in [3.8, 4) is 5.75 Å². The van der Waals surface area contributed by atoms with E-state index < -0.39 is 24.0 Å². The fraction of sp³-hybridized carbons (Fsp3) is 0.500. The Bertz CT molecular complexity index is 553. The average Bonchev–Trinajstić information content (AvgIpc) is 2.50. The fourth-order valence-corrected chi connectivity index (χ4v) is 2.55. The molecule has 0 bridgehead atoms. The van der Waals surface area contributed by atoms with Gasteiger partial charge in [0.05, 0.1) is 18.6 Å². The van der Waals surface area contributed by atoms with Crippen LogP contribution >= 0.6 is 12.4 Å². The predicted octanol–water partition coefficient (Wildman–Crippen LogP) is 0.932. The van der Waals surface area contributed by atoms with Crippen LogP contribution in [0.15, 0.2) is 24.3 Å². The molecule has 7 nitrogen and oxygen atoms in total. The van der Waals surface area contributed by atoms with E-state index in [0.717, 1.165) is 25.7 Å². The van der Waals surface area contributed by atoms with Crippen molar-refractivity contribution in [1.82, 2.24) is 0 Å². The summed E-state index contributed by atoms with van der Waals surface area (Å²) in [4.78, 5) is 22.5. The maximum atomic E-state index is 11.8. The third-order valence-electron chi connectivity index (χ3n) is 3.83. The minimum atomic E-state index is -0.971. The van der Waals surface area contributed by atoms with Gasteiger partial charge in [0.15, 0.2) is 0 Å². The van der Waals surface area contributed by atoms with Gasteiger partial charge in [0.2, 0.25) is 11.8 Å². The van der Waals surface area contributed by atoms with Crippen LogP contribution in [-0.4, -0.2) is 35.2 Å². The summed E-state index contributed by atoms with van der Waals surface area (Å²) in [5, 5.41) is 12.5. The van der Waals surface area contributed by atoms with E-state index >= 15 is 0 Å². The number of hydrogen-bond donors (Lipinski definition) is 4. The predicted molar refractivity (Wildman–Crippen MR) is 93.0 cm³/mol. The van der Waals surface area contributed by atoms with Crippen LogP contribution in [0.4, 0.5) is 5.69 Å². The van der Waals surface area contributed by atoms with Crippen molar-refractivity contribution in [2.75, 3.05) is 5.32 Å². The molecule has 0 saturated heterocycles. The Morgan fingerprint density at radius 1 is 1.25 bits per heavy atom. The molecule has 0 aliphatic heterocycles. The molecule has 134 valence electrons. The molecule has 0 spiro atoms. The lowest BCUT2D eigenvalue weighted by Gasteiger charge is -2.28. The van der Waals surface area contributed by atoms with Gasteiger partial charge in [-0.05, 0) is 43.5 Å². The Labute approximate surface area is 147 Å². The zero-order chi connectivity index (χ0) is 16.8. The Kier molecular flexibility index (Phi) is 7.97. The molecule has 6 N–H and O–H groups in total. The molecule has 1 fully saturated rings. The summed E-state index contributed by atoms with van der Waals surface area (Å²) in [6.07, 6.45) is 2.85. The van der Waals surface area contributed by atoms with Crippen molar-refractivity contribution >= 4 is 29.9 Å². The minimum absolute atomic E-state index is 0. The number of halogens is 1. The van der Waals surface area contributed by atoms with Crippen LogP contribution in [0.1, 0.15) is 32.1 Å². The molecule has 1 aliphatic rings. The van der Waals surface area contributed by atoms with Gasteiger partial charge in [0.25, 0.3) is 0 Å². The molecule has 0 aromatic heterocycles. The highest BCUT2D eigenvalue weighted by atomic mass is 35.5. The number of nitrogens with two attached hydrogens (primary N) is 2. The highest BCUT2D eigenvalue weighted by Gasteiger charge is 2.24. The molecular weight excluding hydrogens is 334 g/mol. The second-order valence-corrected chi connectivity index (χ2v) is 5.80. The Hall–Kier alpha value is -1.83. The number of benzene rings is 1. The number of carbonyl (C=O) groups excluding carboxylic acids is 2. The van der Waals surface area contributed by atoms with Gasteiger partial charge in [-0.2, -0.15) is 0 Å². The number of anilines is 1. The maximum absolute atomic E-state index is 11.8. The summed E-state index contributed by atoms with van der Waals surface area (Å²) in [5.41, 5.74) is 11.1. The monoisotopic (exact) mass is 357 g/mol. The lowest BCUT2D eigenvalue weighted by atomic mass is 9.95. The van der Waals surface area contributed by atoms with Gasteiger partial charge in [-0.15, -0.1) is 12.4 Å². The quantitative estimate of drug-likeness (QED) is 0.602. The van der Waals surface area contributed by atoms with Crippen LogP contribution in [0.5, 0.6) is 5.75 Å². The van der Waals surface area contributed by atoms with Crippen molar-refractivity contribution in [1.29, 1.82) is 0 Å². The van der Waals surface area contributed by atoms with Gasteiger partial charge in [-0.1, -0.05) is 6.42 Å². The number of amides is 2. The van der Waals surface area contributed by atoms with Gasteiger partial charge in [0.1, 0.15) is 11.9 Å². The zero-order valence-electron chi connectivity index (χ0n) is 13.3. The highest BCUT2D eigenvalue weighted by Crippen LogP contribution is 2.24. The van der Waals surface area contributed by atoms with Gasteiger partial charge in [-0.25, -0.2) is 0 Å². The second kappa shape index (κ2) is 9.46. The Morgan fingerprint density at radius 3 is 2.46 bits per heavy atom. The van der Waals surface area contributed by atoms with Crippen LogP contribution in [0.2, 0.25) is 0 Å². The van der Waals surface area contributed by atoms with E-state index in [1.54, 1.807) is 24.3 Å². The van der Waals surface area contributed by atoms with E-state index in [-0.39, 0.29) is 24.9 Å². The number of hydrogen-bond acceptors (Lipinski definition) is 5. The van der Waals surface area contributed by atoms with E-state index in [0.29, 0.717) is 11.4 Å². The summed E-state index contributed by atoms with van der Waals surface area (Å²) in [6.45, 7) is 0. The van der Waals surface area contributed by atoms with E-state index in [2.05, 4.69) is 5.32 Å². The van der Waals surface area contributed by atoms with Gasteiger partial charge >= 0.3 is 0 Å². The van der Waals surface area contributed by atoms with E-state index in [1.807, 2.05) is 0 Å². The third kappa shape index (κ3) is 5.99. The largest absolute Gasteiger partial charge is 0.488 e. The molecule has 1 aromatic carbocycles. The van der Waals surface area contributed by atoms with Gasteiger partial charge in [-0.3, -0.25) is 9.59 Å². The first-order chi connectivity index (χ1) is 11.0. The average molecular weight is 358 g/mol. The smallest absolute Gasteiger partial charge is 0.241 e. The molecule has 1 aromatic rings. The van der Waals surface area contributed by atoms with Crippen LogP contribution in [-0.2, 0) is 9.59 Å². The molecule has 0 heterocycles. The molecule has 1 aliphatic carbocycles. The summed E-state index contributed by atoms with van der Waals surface area (Å²) in [7, 11) is 0. The fourth-order valence-electron chi connectivity index (χ4n) is 2.55. The topological polar surface area (TPSA) is 128 Å². The van der Waals surface area contributed by atoms with E-state index in [4.69, 9.17) is 16.2 Å². The van der Waals surface area contributed by atoms with Crippen molar-refractivity contribution in [3.05, 3.63) is 24.3 Å². The van der Waals surface area contributed by atoms with Gasteiger partial charge < -0.3 is 26.6 Å². The van der Waals surface area contributed by atoms with Crippen LogP contribution in [0.3, 0.4) is 0 Å². The van der Waals surface area contributed by atoms with Crippen LogP contribution in [0.25, 0.3) is 0 Å². The second-order valence-electron chi connectivity index (χ2n) is 5.80. The molecule has 1 saturated carbocycles. The number of carbonyl (C=O) groups is 2. The minimum Gasteiger partial charge on any atom is -0.488 e. The SMILES string of the molecule is Cl.NC(=O)CC(N)C(=O)Nc1ccc(OC2CCCCC2O)cc1. The lowest BCUT2D eigenvalue weighted by Crippen LogP contribution is -2.39.